The van der Waals surface area contributed by atoms with E-state index >= 15 is 0 Å². The van der Waals surface area contributed by atoms with Crippen LogP contribution in [0.5, 0.6) is 0 Å². The van der Waals surface area contributed by atoms with Gasteiger partial charge in [-0.3, -0.25) is 9.59 Å². The number of hydrogen-bond donors (Lipinski definition) is 2. The Morgan fingerprint density at radius 2 is 1.83 bits per heavy atom. The summed E-state index contributed by atoms with van der Waals surface area (Å²) in [5.41, 5.74) is 2.45. The largest absolute Gasteiger partial charge is 0.349 e. The number of aryl methyl sites for hydroxylation is 2. The lowest BCUT2D eigenvalue weighted by Gasteiger charge is -2.49. The Morgan fingerprint density at radius 3 is 2.47 bits per heavy atom. The van der Waals surface area contributed by atoms with E-state index in [2.05, 4.69) is 30.5 Å². The fraction of sp³-hybridized carbons (Fsp3) is 0.500. The SMILES string of the molecule is Cc1nc(C)c(-c2csc(Nc3ccc(C(=O)NC4C[C@H]5CCC[C@@H](C4)N5C(=O)C4CC4)cn3)n2)s1. The van der Waals surface area contributed by atoms with Crippen LogP contribution in [0.2, 0.25) is 0 Å². The zero-order valence-corrected chi connectivity index (χ0v) is 22.1. The number of hydrogen-bond acceptors (Lipinski definition) is 8. The lowest BCUT2D eigenvalue weighted by atomic mass is 9.81. The van der Waals surface area contributed by atoms with E-state index in [0.29, 0.717) is 17.3 Å². The van der Waals surface area contributed by atoms with E-state index < -0.39 is 0 Å². The summed E-state index contributed by atoms with van der Waals surface area (Å²) in [6, 6.07) is 4.23. The second-order valence-corrected chi connectivity index (χ2v) is 12.2. The highest BCUT2D eigenvalue weighted by Crippen LogP contribution is 2.40. The lowest BCUT2D eigenvalue weighted by Crippen LogP contribution is -2.59. The third-order valence-corrected chi connectivity index (χ3v) is 9.25. The summed E-state index contributed by atoms with van der Waals surface area (Å²) in [5, 5.41) is 10.2. The van der Waals surface area contributed by atoms with Gasteiger partial charge in [-0.15, -0.1) is 22.7 Å². The first-order chi connectivity index (χ1) is 17.4. The van der Waals surface area contributed by atoms with Gasteiger partial charge in [0.15, 0.2) is 5.13 Å². The predicted octanol–water partition coefficient (Wildman–Crippen LogP) is 5.07. The standard InChI is InChI=1S/C26H30N6O2S2/c1-14-23(36-15(2)28-14)21-13-35-26(30-21)31-22-9-8-17(12-27-22)24(33)29-18-10-19-4-3-5-20(11-18)32(19)25(34)16-6-7-16/h8-9,12-13,16,18-20H,3-7,10-11H2,1-2H3,(H,29,33)(H,27,30,31)/t18?,19-,20+. The third kappa shape index (κ3) is 4.76. The molecule has 0 aromatic carbocycles. The number of anilines is 2. The van der Waals surface area contributed by atoms with Crippen molar-refractivity contribution in [3.05, 3.63) is 40.0 Å². The summed E-state index contributed by atoms with van der Waals surface area (Å²) in [7, 11) is 0. The number of fused-ring (bicyclic) bond motifs is 2. The van der Waals surface area contributed by atoms with Crippen LogP contribution < -0.4 is 10.6 Å². The summed E-state index contributed by atoms with van der Waals surface area (Å²) in [4.78, 5) is 42.6. The Morgan fingerprint density at radius 1 is 1.06 bits per heavy atom. The summed E-state index contributed by atoms with van der Waals surface area (Å²) in [6.07, 6.45) is 8.65. The van der Waals surface area contributed by atoms with Crippen molar-refractivity contribution in [1.82, 2.24) is 25.2 Å². The van der Waals surface area contributed by atoms with Crippen LogP contribution in [-0.2, 0) is 4.79 Å². The smallest absolute Gasteiger partial charge is 0.253 e. The first-order valence-electron chi connectivity index (χ1n) is 12.7. The second-order valence-electron chi connectivity index (χ2n) is 10.1. The molecule has 3 aromatic heterocycles. The molecule has 0 radical (unpaired) electrons. The molecule has 2 aliphatic heterocycles. The zero-order chi connectivity index (χ0) is 24.8. The van der Waals surface area contributed by atoms with Gasteiger partial charge in [-0.1, -0.05) is 0 Å². The van der Waals surface area contributed by atoms with E-state index in [9.17, 15) is 9.59 Å². The Balaban J connectivity index is 1.06. The molecule has 8 nitrogen and oxygen atoms in total. The number of rotatable bonds is 6. The third-order valence-electron chi connectivity index (χ3n) is 7.39. The van der Waals surface area contributed by atoms with Crippen LogP contribution in [0.25, 0.3) is 10.6 Å². The molecule has 2 N–H and O–H groups in total. The van der Waals surface area contributed by atoms with Gasteiger partial charge in [-0.05, 0) is 70.9 Å². The molecule has 3 fully saturated rings. The molecule has 6 rings (SSSR count). The van der Waals surface area contributed by atoms with Gasteiger partial charge in [-0.25, -0.2) is 15.0 Å². The molecule has 1 aliphatic carbocycles. The van der Waals surface area contributed by atoms with Crippen molar-refractivity contribution in [1.29, 1.82) is 0 Å². The van der Waals surface area contributed by atoms with Crippen molar-refractivity contribution in [2.45, 2.75) is 76.9 Å². The number of nitrogens with zero attached hydrogens (tertiary/aromatic N) is 4. The fourth-order valence-electron chi connectivity index (χ4n) is 5.58. The minimum Gasteiger partial charge on any atom is -0.349 e. The van der Waals surface area contributed by atoms with E-state index in [1.165, 1.54) is 17.8 Å². The van der Waals surface area contributed by atoms with Gasteiger partial charge in [0.1, 0.15) is 5.82 Å². The number of thiazole rings is 2. The van der Waals surface area contributed by atoms with Crippen molar-refractivity contribution >= 4 is 45.4 Å². The highest BCUT2D eigenvalue weighted by molar-refractivity contribution is 7.16. The number of carbonyl (C=O) groups excluding carboxylic acids is 2. The molecule has 2 bridgehead atoms. The average Bonchev–Trinajstić information content (AvgIpc) is 3.51. The number of carbonyl (C=O) groups is 2. The number of pyridine rings is 1. The minimum atomic E-state index is -0.105. The Bertz CT molecular complexity index is 1270. The van der Waals surface area contributed by atoms with Crippen molar-refractivity contribution in [2.24, 2.45) is 5.92 Å². The maximum Gasteiger partial charge on any atom is 0.253 e. The van der Waals surface area contributed by atoms with Crippen molar-refractivity contribution in [3.63, 3.8) is 0 Å². The average molecular weight is 523 g/mol. The van der Waals surface area contributed by atoms with Crippen molar-refractivity contribution in [3.8, 4) is 10.6 Å². The maximum atomic E-state index is 13.0. The summed E-state index contributed by atoms with van der Waals surface area (Å²) in [5.74, 6) is 1.15. The molecule has 36 heavy (non-hydrogen) atoms. The van der Waals surface area contributed by atoms with Crippen LogP contribution in [0.3, 0.4) is 0 Å². The molecule has 3 aromatic rings. The van der Waals surface area contributed by atoms with E-state index in [-0.39, 0.29) is 30.0 Å². The van der Waals surface area contributed by atoms with Gasteiger partial charge in [0, 0.05) is 35.6 Å². The van der Waals surface area contributed by atoms with Crippen LogP contribution in [0.1, 0.15) is 66.0 Å². The minimum absolute atomic E-state index is 0.0985. The molecule has 1 saturated carbocycles. The topological polar surface area (TPSA) is 100 Å². The molecule has 1 unspecified atom stereocenters. The van der Waals surface area contributed by atoms with E-state index in [1.54, 1.807) is 23.6 Å². The fourth-order valence-corrected chi connectivity index (χ4v) is 7.25. The summed E-state index contributed by atoms with van der Waals surface area (Å²) in [6.45, 7) is 4.00. The van der Waals surface area contributed by atoms with Gasteiger partial charge in [0.25, 0.3) is 5.91 Å². The molecule has 2 saturated heterocycles. The van der Waals surface area contributed by atoms with Gasteiger partial charge >= 0.3 is 0 Å². The number of nitrogens with one attached hydrogen (secondary N) is 2. The zero-order valence-electron chi connectivity index (χ0n) is 20.5. The van der Waals surface area contributed by atoms with Gasteiger partial charge in [-0.2, -0.15) is 0 Å². The molecule has 10 heteroatoms. The van der Waals surface area contributed by atoms with Crippen molar-refractivity contribution < 1.29 is 9.59 Å². The molecular weight excluding hydrogens is 492 g/mol. The van der Waals surface area contributed by atoms with Crippen molar-refractivity contribution in [2.75, 3.05) is 5.32 Å². The first kappa shape index (κ1) is 23.5. The Labute approximate surface area is 218 Å². The van der Waals surface area contributed by atoms with Gasteiger partial charge in [0.05, 0.1) is 26.8 Å². The number of piperidine rings is 2. The monoisotopic (exact) mass is 522 g/mol. The molecular formula is C26H30N6O2S2. The van der Waals surface area contributed by atoms with Gasteiger partial charge < -0.3 is 15.5 Å². The normalized spacial score (nSPS) is 23.4. The maximum absolute atomic E-state index is 13.0. The molecule has 2 amide bonds. The molecule has 0 spiro atoms. The van der Waals surface area contributed by atoms with Crippen LogP contribution in [0.4, 0.5) is 10.9 Å². The Kier molecular flexibility index (Phi) is 6.25. The highest BCUT2D eigenvalue weighted by atomic mass is 32.1. The highest BCUT2D eigenvalue weighted by Gasteiger charge is 2.45. The quantitative estimate of drug-likeness (QED) is 0.469. The second kappa shape index (κ2) is 9.55. The summed E-state index contributed by atoms with van der Waals surface area (Å²) >= 11 is 3.16. The van der Waals surface area contributed by atoms with E-state index in [4.69, 9.17) is 0 Å². The molecule has 5 heterocycles. The van der Waals surface area contributed by atoms with Crippen LogP contribution in [0, 0.1) is 19.8 Å². The predicted molar refractivity (Wildman–Crippen MR) is 142 cm³/mol. The lowest BCUT2D eigenvalue weighted by molar-refractivity contribution is -0.142. The van der Waals surface area contributed by atoms with Crippen LogP contribution >= 0.6 is 22.7 Å². The number of aromatic nitrogens is 3. The first-order valence-corrected chi connectivity index (χ1v) is 14.4. The molecule has 3 atom stereocenters. The van der Waals surface area contributed by atoms with E-state index in [1.807, 2.05) is 25.3 Å². The van der Waals surface area contributed by atoms with Gasteiger partial charge in [0.2, 0.25) is 5.91 Å². The molecule has 3 aliphatic rings. The van der Waals surface area contributed by atoms with Crippen LogP contribution in [0.15, 0.2) is 23.7 Å². The Hall–Kier alpha value is -2.85. The molecule has 188 valence electrons. The van der Waals surface area contributed by atoms with Crippen LogP contribution in [-0.4, -0.2) is 49.8 Å². The number of amides is 2. The van der Waals surface area contributed by atoms with E-state index in [0.717, 1.165) is 64.9 Å². The summed E-state index contributed by atoms with van der Waals surface area (Å²) < 4.78 is 0.